The summed E-state index contributed by atoms with van der Waals surface area (Å²) in [5.74, 6) is -1.53. The van der Waals surface area contributed by atoms with Gasteiger partial charge in [0, 0.05) is 35.9 Å². The van der Waals surface area contributed by atoms with Crippen LogP contribution in [0, 0.1) is 6.92 Å². The molecule has 11 nitrogen and oxygen atoms in total. The number of aromatic nitrogens is 6. The van der Waals surface area contributed by atoms with Crippen molar-refractivity contribution in [2.24, 2.45) is 0 Å². The van der Waals surface area contributed by atoms with Crippen LogP contribution in [-0.4, -0.2) is 41.5 Å². The number of halogens is 3. The summed E-state index contributed by atoms with van der Waals surface area (Å²) in [5.41, 5.74) is 1.18. The number of rotatable bonds is 6. The second-order valence-corrected chi connectivity index (χ2v) is 8.56. The predicted molar refractivity (Wildman–Crippen MR) is 131 cm³/mol. The Balaban J connectivity index is 1.27. The first kappa shape index (κ1) is 25.5. The Kier molecular flexibility index (Phi) is 6.52. The Morgan fingerprint density at radius 1 is 1.08 bits per heavy atom. The number of nitrogens with zero attached hydrogens (tertiary/aromatic N) is 6. The van der Waals surface area contributed by atoms with E-state index in [-0.39, 0.29) is 28.3 Å². The molecule has 0 radical (unpaired) electrons. The van der Waals surface area contributed by atoms with Crippen LogP contribution in [0.3, 0.4) is 0 Å². The molecule has 5 rings (SSSR count). The van der Waals surface area contributed by atoms with E-state index in [9.17, 15) is 22.8 Å². The Bertz CT molecular complexity index is 1680. The minimum Gasteiger partial charge on any atom is -0.351 e. The summed E-state index contributed by atoms with van der Waals surface area (Å²) in [7, 11) is 0. The number of aryl methyl sites for hydroxylation is 1. The van der Waals surface area contributed by atoms with Crippen molar-refractivity contribution >= 4 is 23.1 Å². The topological polar surface area (TPSA) is 140 Å². The number of amides is 2. The van der Waals surface area contributed by atoms with Crippen molar-refractivity contribution in [2.45, 2.75) is 26.1 Å². The van der Waals surface area contributed by atoms with Gasteiger partial charge in [-0.05, 0) is 37.6 Å². The highest BCUT2D eigenvalue weighted by Crippen LogP contribution is 2.33. The van der Waals surface area contributed by atoms with E-state index >= 15 is 0 Å². The average Bonchev–Trinajstić information content (AvgIpc) is 3.57. The number of carbonyl (C=O) groups excluding carboxylic acids is 2. The first-order valence-corrected chi connectivity index (χ1v) is 11.5. The molecule has 0 bridgehead atoms. The van der Waals surface area contributed by atoms with Crippen molar-refractivity contribution in [3.63, 3.8) is 0 Å². The van der Waals surface area contributed by atoms with Gasteiger partial charge in [0.1, 0.15) is 17.6 Å². The van der Waals surface area contributed by atoms with Crippen LogP contribution < -0.4 is 10.6 Å². The van der Waals surface area contributed by atoms with Gasteiger partial charge in [-0.25, -0.2) is 19.5 Å². The molecule has 14 heteroatoms. The minimum absolute atomic E-state index is 0.0274. The summed E-state index contributed by atoms with van der Waals surface area (Å²) < 4.78 is 46.0. The first-order valence-electron chi connectivity index (χ1n) is 11.5. The summed E-state index contributed by atoms with van der Waals surface area (Å²) in [4.78, 5) is 37.8. The zero-order chi connectivity index (χ0) is 27.7. The monoisotopic (exact) mass is 536 g/mol. The molecule has 0 aliphatic carbocycles. The van der Waals surface area contributed by atoms with Crippen LogP contribution in [0.25, 0.3) is 16.9 Å². The van der Waals surface area contributed by atoms with Crippen molar-refractivity contribution < 1.29 is 27.3 Å². The molecule has 0 spiro atoms. The molecule has 4 aromatic heterocycles. The maximum Gasteiger partial charge on any atom is 0.416 e. The lowest BCUT2D eigenvalue weighted by Gasteiger charge is -2.12. The zero-order valence-corrected chi connectivity index (χ0v) is 20.4. The van der Waals surface area contributed by atoms with Gasteiger partial charge < -0.3 is 15.2 Å². The van der Waals surface area contributed by atoms with Crippen LogP contribution in [0.2, 0.25) is 0 Å². The van der Waals surface area contributed by atoms with Gasteiger partial charge in [0.05, 0.1) is 23.5 Å². The summed E-state index contributed by atoms with van der Waals surface area (Å²) >= 11 is 0. The number of hydrogen-bond acceptors (Lipinski definition) is 8. The average molecular weight is 536 g/mol. The molecular formula is C25H19F3N8O3. The molecule has 5 aromatic rings. The molecule has 2 N–H and O–H groups in total. The first-order chi connectivity index (χ1) is 18.6. The fourth-order valence-corrected chi connectivity index (χ4v) is 3.77. The number of anilines is 1. The lowest BCUT2D eigenvalue weighted by atomic mass is 10.1. The highest BCUT2D eigenvalue weighted by atomic mass is 19.4. The van der Waals surface area contributed by atoms with E-state index in [4.69, 9.17) is 4.52 Å². The van der Waals surface area contributed by atoms with E-state index in [0.717, 1.165) is 6.07 Å². The van der Waals surface area contributed by atoms with Crippen LogP contribution in [0.5, 0.6) is 0 Å². The lowest BCUT2D eigenvalue weighted by molar-refractivity contribution is -0.138. The van der Waals surface area contributed by atoms with E-state index in [0.29, 0.717) is 16.9 Å². The normalized spacial score (nSPS) is 12.3. The minimum atomic E-state index is -4.56. The molecule has 0 fully saturated rings. The Hall–Kier alpha value is -5.14. The number of alkyl halides is 3. The molecule has 4 heterocycles. The van der Waals surface area contributed by atoms with Gasteiger partial charge in [-0.15, -0.1) is 0 Å². The van der Waals surface area contributed by atoms with Crippen LogP contribution in [0.4, 0.5) is 18.9 Å². The third-order valence-corrected chi connectivity index (χ3v) is 5.82. The standard InChI is InChI=1S/C25H19F3N8O3/c1-13-3-4-16(7-18(13)25(26,27)28)34-24(38)21-8-20(35-39-21)14(2)33-23(37)17-10-32-36-11-15(9-30-22(17)36)19-5-6-29-12-31-19/h3-12,14H,1-2H3,(H,33,37)(H,34,38). The largest absolute Gasteiger partial charge is 0.416 e. The zero-order valence-electron chi connectivity index (χ0n) is 20.4. The maximum atomic E-state index is 13.2. The molecule has 2 amide bonds. The van der Waals surface area contributed by atoms with Crippen molar-refractivity contribution in [2.75, 3.05) is 5.32 Å². The molecule has 39 heavy (non-hydrogen) atoms. The van der Waals surface area contributed by atoms with Crippen molar-refractivity contribution in [1.29, 1.82) is 0 Å². The Morgan fingerprint density at radius 3 is 2.64 bits per heavy atom. The molecule has 0 saturated carbocycles. The summed E-state index contributed by atoms with van der Waals surface area (Å²) in [5, 5.41) is 13.1. The number of carbonyl (C=O) groups is 2. The maximum absolute atomic E-state index is 13.2. The molecular weight excluding hydrogens is 517 g/mol. The van der Waals surface area contributed by atoms with Crippen LogP contribution in [0.1, 0.15) is 50.7 Å². The molecule has 1 unspecified atom stereocenters. The number of hydrogen-bond donors (Lipinski definition) is 2. The number of fused-ring (bicyclic) bond motifs is 1. The molecule has 198 valence electrons. The lowest BCUT2D eigenvalue weighted by Crippen LogP contribution is -2.26. The summed E-state index contributed by atoms with van der Waals surface area (Å²) in [6.07, 6.45) is 3.06. The van der Waals surface area contributed by atoms with E-state index < -0.39 is 29.6 Å². The van der Waals surface area contributed by atoms with Gasteiger partial charge in [0.15, 0.2) is 5.65 Å². The van der Waals surface area contributed by atoms with Crippen molar-refractivity contribution in [1.82, 2.24) is 35.0 Å². The fraction of sp³-hybridized carbons (Fsp3) is 0.160. The van der Waals surface area contributed by atoms with Gasteiger partial charge in [-0.2, -0.15) is 18.3 Å². The molecule has 0 aliphatic rings. The predicted octanol–water partition coefficient (Wildman–Crippen LogP) is 4.24. The van der Waals surface area contributed by atoms with Crippen molar-refractivity contribution in [3.8, 4) is 11.3 Å². The summed E-state index contributed by atoms with van der Waals surface area (Å²) in [6.45, 7) is 2.95. The van der Waals surface area contributed by atoms with E-state index in [1.165, 1.54) is 42.2 Å². The smallest absolute Gasteiger partial charge is 0.351 e. The highest BCUT2D eigenvalue weighted by Gasteiger charge is 2.32. The molecule has 0 saturated heterocycles. The SMILES string of the molecule is Cc1ccc(NC(=O)c2cc(C(C)NC(=O)c3cnn4cc(-c5ccncn5)cnc34)no2)cc1C(F)(F)F. The van der Waals surface area contributed by atoms with Gasteiger partial charge in [-0.1, -0.05) is 11.2 Å². The second-order valence-electron chi connectivity index (χ2n) is 8.56. The molecule has 0 aliphatic heterocycles. The fourth-order valence-electron chi connectivity index (χ4n) is 3.77. The summed E-state index contributed by atoms with van der Waals surface area (Å²) in [6, 6.07) is 5.77. The second kappa shape index (κ2) is 9.96. The van der Waals surface area contributed by atoms with Crippen LogP contribution in [-0.2, 0) is 6.18 Å². The van der Waals surface area contributed by atoms with Gasteiger partial charge in [-0.3, -0.25) is 9.59 Å². The van der Waals surface area contributed by atoms with E-state index in [1.807, 2.05) is 0 Å². The number of nitrogens with one attached hydrogen (secondary N) is 2. The van der Waals surface area contributed by atoms with Gasteiger partial charge in [0.2, 0.25) is 5.76 Å². The molecule has 1 atom stereocenters. The van der Waals surface area contributed by atoms with Crippen molar-refractivity contribution in [3.05, 3.63) is 89.6 Å². The number of benzene rings is 1. The van der Waals surface area contributed by atoms with Crippen LogP contribution >= 0.6 is 0 Å². The Labute approximate surface area is 218 Å². The third kappa shape index (κ3) is 5.30. The Morgan fingerprint density at radius 2 is 1.90 bits per heavy atom. The van der Waals surface area contributed by atoms with Gasteiger partial charge >= 0.3 is 6.18 Å². The third-order valence-electron chi connectivity index (χ3n) is 5.82. The van der Waals surface area contributed by atoms with Gasteiger partial charge in [0.25, 0.3) is 11.8 Å². The molecule has 1 aromatic carbocycles. The highest BCUT2D eigenvalue weighted by molar-refractivity contribution is 6.02. The van der Waals surface area contributed by atoms with E-state index in [2.05, 4.69) is 35.8 Å². The quantitative estimate of drug-likeness (QED) is 0.328. The van der Waals surface area contributed by atoms with Crippen LogP contribution in [0.15, 0.2) is 66.0 Å². The van der Waals surface area contributed by atoms with E-state index in [1.54, 1.807) is 31.6 Å².